The van der Waals surface area contributed by atoms with Crippen molar-refractivity contribution in [3.05, 3.63) is 218 Å². The molecule has 0 radical (unpaired) electrons. The first-order chi connectivity index (χ1) is 32.7. The van der Waals surface area contributed by atoms with Gasteiger partial charge in [0.15, 0.2) is 17.5 Å². The molecule has 3 heterocycles. The molecule has 0 amide bonds. The predicted octanol–water partition coefficient (Wildman–Crippen LogP) is 16.5. The number of para-hydroxylation sites is 1. The summed E-state index contributed by atoms with van der Waals surface area (Å²) in [5, 5.41) is 7.87. The number of hydrogen-bond acceptors (Lipinski definition) is 4. The van der Waals surface area contributed by atoms with E-state index in [-0.39, 0.29) is 0 Å². The van der Waals surface area contributed by atoms with E-state index in [0.29, 0.717) is 17.5 Å². The molecule has 10 aromatic carbocycles. The standard InChI is InChI=1S/C61H36N4S/c1-3-13-38(14-4-1)59-62-60(39-15-5-2-6-16-39)64-61(63-59)43-18-11-17-40(33-43)37-25-29-44(30-26-37)65-53-24-10-9-21-47(53)50-34-41(27-31-54(50)65)42-28-32-55-52(35-42)58-49-23-12-22-48-45-19-7-8-20-46(45)51(57(48)49)36-56(58)66-55/h1-36H. The number of nitrogens with zero attached hydrogens (tertiary/aromatic N) is 4. The van der Waals surface area contributed by atoms with Gasteiger partial charge in [-0.05, 0) is 110 Å². The van der Waals surface area contributed by atoms with Crippen molar-refractivity contribution in [2.75, 3.05) is 0 Å². The first kappa shape index (κ1) is 36.9. The Kier molecular flexibility index (Phi) is 8.12. The Bertz CT molecular complexity index is 4030. The molecule has 0 saturated carbocycles. The highest BCUT2D eigenvalue weighted by Crippen LogP contribution is 2.52. The molecule has 0 N–H and O–H groups in total. The Hall–Kier alpha value is -8.51. The monoisotopic (exact) mass is 856 g/mol. The molecule has 4 nitrogen and oxygen atoms in total. The van der Waals surface area contributed by atoms with Gasteiger partial charge in [0.05, 0.1) is 11.0 Å². The average molecular weight is 857 g/mol. The molecule has 0 unspecified atom stereocenters. The van der Waals surface area contributed by atoms with Crippen LogP contribution in [-0.2, 0) is 0 Å². The van der Waals surface area contributed by atoms with E-state index in [2.05, 4.69) is 162 Å². The Morgan fingerprint density at radius 2 is 0.818 bits per heavy atom. The van der Waals surface area contributed by atoms with Crippen molar-refractivity contribution in [3.63, 3.8) is 0 Å². The lowest BCUT2D eigenvalue weighted by Gasteiger charge is -2.11. The SMILES string of the molecule is c1ccc(-c2nc(-c3ccccc3)nc(-c3cccc(-c4ccc(-n5c6ccccc6c6cc(-c7ccc8sc9cc%10c%11c(cccc%11c9c8c7)-c7ccccc7-%10)ccc65)cc4)c3)n2)cc1. The summed E-state index contributed by atoms with van der Waals surface area (Å²) in [7, 11) is 0. The van der Waals surface area contributed by atoms with Gasteiger partial charge >= 0.3 is 0 Å². The quantitative estimate of drug-likeness (QED) is 0.167. The second-order valence-corrected chi connectivity index (χ2v) is 18.2. The van der Waals surface area contributed by atoms with Gasteiger partial charge < -0.3 is 4.57 Å². The second kappa shape index (κ2) is 14.5. The van der Waals surface area contributed by atoms with Gasteiger partial charge in [0.2, 0.25) is 0 Å². The molecule has 14 rings (SSSR count). The summed E-state index contributed by atoms with van der Waals surface area (Å²) in [5.74, 6) is 1.94. The van der Waals surface area contributed by atoms with Crippen LogP contribution in [-0.4, -0.2) is 19.5 Å². The fourth-order valence-corrected chi connectivity index (χ4v) is 11.5. The maximum Gasteiger partial charge on any atom is 0.164 e. The van der Waals surface area contributed by atoms with E-state index in [1.54, 1.807) is 0 Å². The molecule has 66 heavy (non-hydrogen) atoms. The summed E-state index contributed by atoms with van der Waals surface area (Å²) in [6.07, 6.45) is 0. The van der Waals surface area contributed by atoms with E-state index in [1.807, 2.05) is 72.0 Å². The number of benzene rings is 10. The Morgan fingerprint density at radius 1 is 0.288 bits per heavy atom. The second-order valence-electron chi connectivity index (χ2n) is 17.1. The topological polar surface area (TPSA) is 43.6 Å². The van der Waals surface area contributed by atoms with Crippen molar-refractivity contribution in [2.45, 2.75) is 0 Å². The molecule has 0 saturated heterocycles. The smallest absolute Gasteiger partial charge is 0.164 e. The molecule has 1 aliphatic rings. The van der Waals surface area contributed by atoms with Crippen LogP contribution < -0.4 is 0 Å². The van der Waals surface area contributed by atoms with Crippen LogP contribution in [0.2, 0.25) is 0 Å². The molecule has 1 aliphatic carbocycles. The van der Waals surface area contributed by atoms with Gasteiger partial charge in [-0.15, -0.1) is 11.3 Å². The zero-order valence-corrected chi connectivity index (χ0v) is 36.3. The van der Waals surface area contributed by atoms with Crippen LogP contribution in [0.25, 0.3) is 137 Å². The summed E-state index contributed by atoms with van der Waals surface area (Å²) < 4.78 is 5.05. The minimum Gasteiger partial charge on any atom is -0.309 e. The zero-order chi connectivity index (χ0) is 43.3. The molecule has 0 fully saturated rings. The molecule has 0 atom stereocenters. The van der Waals surface area contributed by atoms with Crippen LogP contribution >= 0.6 is 11.3 Å². The normalized spacial score (nSPS) is 11.9. The molecule has 0 bridgehead atoms. The van der Waals surface area contributed by atoms with Crippen LogP contribution in [0.4, 0.5) is 0 Å². The minimum absolute atomic E-state index is 0.641. The number of hydrogen-bond donors (Lipinski definition) is 0. The molecular weight excluding hydrogens is 821 g/mol. The summed E-state index contributed by atoms with van der Waals surface area (Å²) in [4.78, 5) is 14.9. The maximum atomic E-state index is 4.99. The molecular formula is C61H36N4S. The molecule has 0 aliphatic heterocycles. The lowest BCUT2D eigenvalue weighted by molar-refractivity contribution is 1.07. The van der Waals surface area contributed by atoms with Crippen molar-refractivity contribution in [1.82, 2.24) is 19.5 Å². The molecule has 0 spiro atoms. The van der Waals surface area contributed by atoms with Crippen LogP contribution in [0, 0.1) is 0 Å². The van der Waals surface area contributed by atoms with Crippen LogP contribution in [0.3, 0.4) is 0 Å². The van der Waals surface area contributed by atoms with Crippen LogP contribution in [0.15, 0.2) is 218 Å². The van der Waals surface area contributed by atoms with Crippen molar-refractivity contribution in [3.8, 4) is 84.4 Å². The van der Waals surface area contributed by atoms with E-state index in [1.165, 1.54) is 86.1 Å². The lowest BCUT2D eigenvalue weighted by atomic mass is 9.96. The summed E-state index contributed by atoms with van der Waals surface area (Å²) >= 11 is 1.90. The van der Waals surface area contributed by atoms with Crippen LogP contribution in [0.5, 0.6) is 0 Å². The highest BCUT2D eigenvalue weighted by Gasteiger charge is 2.24. The predicted molar refractivity (Wildman–Crippen MR) is 276 cm³/mol. The van der Waals surface area contributed by atoms with Gasteiger partial charge in [0, 0.05) is 53.3 Å². The van der Waals surface area contributed by atoms with Gasteiger partial charge in [-0.2, -0.15) is 0 Å². The highest BCUT2D eigenvalue weighted by molar-refractivity contribution is 7.26. The zero-order valence-electron chi connectivity index (χ0n) is 35.5. The van der Waals surface area contributed by atoms with Crippen molar-refractivity contribution in [2.24, 2.45) is 0 Å². The van der Waals surface area contributed by atoms with E-state index in [4.69, 9.17) is 15.0 Å². The third kappa shape index (κ3) is 5.74. The lowest BCUT2D eigenvalue weighted by Crippen LogP contribution is -2.00. The fraction of sp³-hybridized carbons (Fsp3) is 0. The fourth-order valence-electron chi connectivity index (χ4n) is 10.3. The van der Waals surface area contributed by atoms with Crippen molar-refractivity contribution >= 4 is 64.1 Å². The Labute approximate surface area is 384 Å². The Morgan fingerprint density at radius 3 is 1.58 bits per heavy atom. The first-order valence-corrected chi connectivity index (χ1v) is 23.2. The maximum absolute atomic E-state index is 4.99. The Balaban J connectivity index is 0.832. The third-order valence-electron chi connectivity index (χ3n) is 13.4. The molecule has 5 heteroatoms. The molecule has 306 valence electrons. The van der Waals surface area contributed by atoms with Crippen LogP contribution in [0.1, 0.15) is 0 Å². The van der Waals surface area contributed by atoms with Gasteiger partial charge in [-0.1, -0.05) is 164 Å². The largest absolute Gasteiger partial charge is 0.309 e. The third-order valence-corrected chi connectivity index (χ3v) is 14.5. The molecule has 3 aromatic heterocycles. The van der Waals surface area contributed by atoms with Gasteiger partial charge in [-0.3, -0.25) is 0 Å². The number of rotatable bonds is 6. The van der Waals surface area contributed by atoms with E-state index < -0.39 is 0 Å². The summed E-state index contributed by atoms with van der Waals surface area (Å²) in [6.45, 7) is 0. The number of aromatic nitrogens is 4. The van der Waals surface area contributed by atoms with Crippen molar-refractivity contribution in [1.29, 1.82) is 0 Å². The summed E-state index contributed by atoms with van der Waals surface area (Å²) in [6, 6.07) is 78.5. The number of fused-ring (bicyclic) bond motifs is 10. The van der Waals surface area contributed by atoms with E-state index in [0.717, 1.165) is 33.5 Å². The number of thiophene rings is 1. The minimum atomic E-state index is 0.641. The first-order valence-electron chi connectivity index (χ1n) is 22.3. The van der Waals surface area contributed by atoms with Gasteiger partial charge in [0.25, 0.3) is 0 Å². The van der Waals surface area contributed by atoms with Gasteiger partial charge in [-0.25, -0.2) is 15.0 Å². The average Bonchev–Trinajstić information content (AvgIpc) is 4.05. The van der Waals surface area contributed by atoms with E-state index in [9.17, 15) is 0 Å². The summed E-state index contributed by atoms with van der Waals surface area (Å²) in [5.41, 5.74) is 16.3. The van der Waals surface area contributed by atoms with Crippen molar-refractivity contribution < 1.29 is 0 Å². The van der Waals surface area contributed by atoms with E-state index >= 15 is 0 Å². The molecule has 13 aromatic rings. The highest BCUT2D eigenvalue weighted by atomic mass is 32.1. The van der Waals surface area contributed by atoms with Gasteiger partial charge in [0.1, 0.15) is 0 Å².